The minimum absolute atomic E-state index is 0.117. The maximum atomic E-state index is 11.6. The summed E-state index contributed by atoms with van der Waals surface area (Å²) in [5.74, 6) is 1.21. The molecule has 2 aliphatic carbocycles. The Labute approximate surface area is 112 Å². The van der Waals surface area contributed by atoms with Gasteiger partial charge in [-0.3, -0.25) is 4.79 Å². The van der Waals surface area contributed by atoms with Crippen molar-refractivity contribution in [3.8, 4) is 0 Å². The standard InChI is InChI=1S/C15H19NO3/c1-9-4-14(17)13(15(18)19)8-16(9)7-12-6-10-2-3-11(12)5-10/h4,8,10-12H,2-3,5-7H2,1H3,(H,18,19). The lowest BCUT2D eigenvalue weighted by atomic mass is 9.88. The third-order valence-electron chi connectivity index (χ3n) is 4.89. The summed E-state index contributed by atoms with van der Waals surface area (Å²) in [6, 6.07) is 1.44. The third-order valence-corrected chi connectivity index (χ3v) is 4.89. The Hall–Kier alpha value is -1.58. The number of aryl methyl sites for hydroxylation is 1. The Morgan fingerprint density at radius 1 is 1.42 bits per heavy atom. The smallest absolute Gasteiger partial charge is 0.341 e. The Kier molecular flexibility index (Phi) is 2.96. The Morgan fingerprint density at radius 3 is 2.79 bits per heavy atom. The van der Waals surface area contributed by atoms with Crippen LogP contribution in [0.1, 0.15) is 41.7 Å². The summed E-state index contributed by atoms with van der Waals surface area (Å²) >= 11 is 0. The van der Waals surface area contributed by atoms with E-state index < -0.39 is 11.4 Å². The second-order valence-corrected chi connectivity index (χ2v) is 6.09. The minimum atomic E-state index is -1.13. The molecule has 3 unspecified atom stereocenters. The number of nitrogens with zero attached hydrogens (tertiary/aromatic N) is 1. The van der Waals surface area contributed by atoms with Crippen LogP contribution in [0.3, 0.4) is 0 Å². The molecule has 0 amide bonds. The van der Waals surface area contributed by atoms with Crippen LogP contribution < -0.4 is 5.43 Å². The highest BCUT2D eigenvalue weighted by Crippen LogP contribution is 2.48. The lowest BCUT2D eigenvalue weighted by Crippen LogP contribution is -2.23. The van der Waals surface area contributed by atoms with E-state index in [1.807, 2.05) is 11.5 Å². The molecule has 3 atom stereocenters. The zero-order chi connectivity index (χ0) is 13.6. The zero-order valence-corrected chi connectivity index (χ0v) is 11.1. The topological polar surface area (TPSA) is 59.3 Å². The fraction of sp³-hybridized carbons (Fsp3) is 0.600. The average Bonchev–Trinajstić information content (AvgIpc) is 2.94. The molecule has 2 saturated carbocycles. The van der Waals surface area contributed by atoms with Gasteiger partial charge in [-0.2, -0.15) is 0 Å². The number of rotatable bonds is 3. The SMILES string of the molecule is Cc1cc(=O)c(C(=O)O)cn1CC1CC2CCC1C2. The Balaban J connectivity index is 1.86. The molecule has 0 radical (unpaired) electrons. The van der Waals surface area contributed by atoms with Gasteiger partial charge in [0.1, 0.15) is 5.56 Å². The molecule has 2 fully saturated rings. The number of carboxylic acid groups (broad SMARTS) is 1. The van der Waals surface area contributed by atoms with Gasteiger partial charge in [0.2, 0.25) is 0 Å². The number of pyridine rings is 1. The molecule has 2 bridgehead atoms. The molecular weight excluding hydrogens is 242 g/mol. The fourth-order valence-electron chi connectivity index (χ4n) is 3.88. The van der Waals surface area contributed by atoms with E-state index in [-0.39, 0.29) is 5.56 Å². The van der Waals surface area contributed by atoms with Crippen molar-refractivity contribution in [2.45, 2.75) is 39.2 Å². The van der Waals surface area contributed by atoms with E-state index in [0.29, 0.717) is 5.92 Å². The van der Waals surface area contributed by atoms with Crippen LogP contribution in [-0.4, -0.2) is 15.6 Å². The first kappa shape index (κ1) is 12.5. The predicted octanol–water partition coefficient (Wildman–Crippen LogP) is 2.29. The first-order valence-corrected chi connectivity index (χ1v) is 6.99. The second kappa shape index (κ2) is 4.51. The molecule has 0 saturated heterocycles. The van der Waals surface area contributed by atoms with Gasteiger partial charge in [0.05, 0.1) is 0 Å². The molecule has 1 heterocycles. The lowest BCUT2D eigenvalue weighted by molar-refractivity contribution is 0.0694. The monoisotopic (exact) mass is 261 g/mol. The zero-order valence-electron chi connectivity index (χ0n) is 11.1. The third kappa shape index (κ3) is 2.20. The van der Waals surface area contributed by atoms with Gasteiger partial charge in [0.25, 0.3) is 0 Å². The van der Waals surface area contributed by atoms with Crippen molar-refractivity contribution >= 4 is 5.97 Å². The number of aromatic nitrogens is 1. The van der Waals surface area contributed by atoms with Crippen LogP contribution in [0.15, 0.2) is 17.1 Å². The second-order valence-electron chi connectivity index (χ2n) is 6.09. The van der Waals surface area contributed by atoms with E-state index in [2.05, 4.69) is 0 Å². The molecule has 0 aromatic carbocycles. The van der Waals surface area contributed by atoms with Gasteiger partial charge in [-0.15, -0.1) is 0 Å². The Bertz CT molecular complexity index is 575. The summed E-state index contributed by atoms with van der Waals surface area (Å²) in [5, 5.41) is 9.03. The van der Waals surface area contributed by atoms with Crippen molar-refractivity contribution in [3.05, 3.63) is 33.7 Å². The molecule has 1 N–H and O–H groups in total. The van der Waals surface area contributed by atoms with Crippen molar-refractivity contribution in [1.82, 2.24) is 4.57 Å². The molecule has 1 aromatic rings. The quantitative estimate of drug-likeness (QED) is 0.908. The van der Waals surface area contributed by atoms with Gasteiger partial charge in [-0.1, -0.05) is 6.42 Å². The van der Waals surface area contributed by atoms with Gasteiger partial charge in [0, 0.05) is 24.5 Å². The van der Waals surface area contributed by atoms with E-state index >= 15 is 0 Å². The number of hydrogen-bond donors (Lipinski definition) is 1. The van der Waals surface area contributed by atoms with Crippen molar-refractivity contribution in [2.75, 3.05) is 0 Å². The van der Waals surface area contributed by atoms with Gasteiger partial charge in [-0.25, -0.2) is 4.79 Å². The van der Waals surface area contributed by atoms with E-state index in [9.17, 15) is 9.59 Å². The molecule has 4 heteroatoms. The number of hydrogen-bond acceptors (Lipinski definition) is 2. The molecule has 3 rings (SSSR count). The first-order valence-electron chi connectivity index (χ1n) is 6.99. The molecule has 0 aliphatic heterocycles. The molecule has 19 heavy (non-hydrogen) atoms. The van der Waals surface area contributed by atoms with Crippen LogP contribution in [0.5, 0.6) is 0 Å². The Morgan fingerprint density at radius 2 is 2.21 bits per heavy atom. The van der Waals surface area contributed by atoms with E-state index in [0.717, 1.165) is 24.1 Å². The van der Waals surface area contributed by atoms with Crippen LogP contribution in [0.25, 0.3) is 0 Å². The largest absolute Gasteiger partial charge is 0.477 e. The highest BCUT2D eigenvalue weighted by molar-refractivity contribution is 5.87. The molecular formula is C15H19NO3. The maximum Gasteiger partial charge on any atom is 0.341 e. The summed E-state index contributed by atoms with van der Waals surface area (Å²) in [7, 11) is 0. The number of carbonyl (C=O) groups is 1. The van der Waals surface area contributed by atoms with Gasteiger partial charge in [0.15, 0.2) is 5.43 Å². The number of carboxylic acids is 1. The number of fused-ring (bicyclic) bond motifs is 2. The lowest BCUT2D eigenvalue weighted by Gasteiger charge is -2.24. The van der Waals surface area contributed by atoms with E-state index in [1.165, 1.54) is 37.9 Å². The molecule has 1 aromatic heterocycles. The highest BCUT2D eigenvalue weighted by atomic mass is 16.4. The first-order chi connectivity index (χ1) is 9.04. The van der Waals surface area contributed by atoms with Gasteiger partial charge >= 0.3 is 5.97 Å². The average molecular weight is 261 g/mol. The van der Waals surface area contributed by atoms with Crippen LogP contribution in [0.2, 0.25) is 0 Å². The van der Waals surface area contributed by atoms with Crippen molar-refractivity contribution in [3.63, 3.8) is 0 Å². The van der Waals surface area contributed by atoms with E-state index in [4.69, 9.17) is 5.11 Å². The highest BCUT2D eigenvalue weighted by Gasteiger charge is 2.39. The molecule has 0 spiro atoms. The normalized spacial score (nSPS) is 28.8. The summed E-state index contributed by atoms with van der Waals surface area (Å²) in [4.78, 5) is 22.6. The fourth-order valence-corrected chi connectivity index (χ4v) is 3.88. The van der Waals surface area contributed by atoms with Gasteiger partial charge < -0.3 is 9.67 Å². The summed E-state index contributed by atoms with van der Waals surface area (Å²) < 4.78 is 1.95. The molecule has 2 aliphatic rings. The van der Waals surface area contributed by atoms with Crippen LogP contribution in [0, 0.1) is 24.7 Å². The summed E-state index contributed by atoms with van der Waals surface area (Å²) in [5.41, 5.74) is 0.348. The maximum absolute atomic E-state index is 11.6. The van der Waals surface area contributed by atoms with Crippen molar-refractivity contribution < 1.29 is 9.90 Å². The predicted molar refractivity (Wildman–Crippen MR) is 71.3 cm³/mol. The van der Waals surface area contributed by atoms with Crippen LogP contribution in [-0.2, 0) is 6.54 Å². The minimum Gasteiger partial charge on any atom is -0.477 e. The molecule has 4 nitrogen and oxygen atoms in total. The van der Waals surface area contributed by atoms with Crippen molar-refractivity contribution in [1.29, 1.82) is 0 Å². The molecule has 102 valence electrons. The number of aromatic carboxylic acids is 1. The summed E-state index contributed by atoms with van der Waals surface area (Å²) in [6.45, 7) is 2.73. The van der Waals surface area contributed by atoms with Gasteiger partial charge in [-0.05, 0) is 43.9 Å². The van der Waals surface area contributed by atoms with E-state index in [1.54, 1.807) is 0 Å². The van der Waals surface area contributed by atoms with Crippen molar-refractivity contribution in [2.24, 2.45) is 17.8 Å². The summed E-state index contributed by atoms with van der Waals surface area (Å²) in [6.07, 6.45) is 6.81. The van der Waals surface area contributed by atoms with Crippen LogP contribution >= 0.6 is 0 Å². The van der Waals surface area contributed by atoms with Crippen LogP contribution in [0.4, 0.5) is 0 Å².